The van der Waals surface area contributed by atoms with E-state index in [1.54, 1.807) is 30.3 Å². The van der Waals surface area contributed by atoms with Gasteiger partial charge in [-0.1, -0.05) is 23.4 Å². The SMILES string of the molecule is CC(=O)Nc1ccc(/C=N/NC(=O)c2nnn(-c3nonc3N)c2-c2cccs2)cc1. The van der Waals surface area contributed by atoms with Gasteiger partial charge in [-0.15, -0.1) is 16.4 Å². The van der Waals surface area contributed by atoms with Crippen LogP contribution in [0.25, 0.3) is 16.4 Å². The van der Waals surface area contributed by atoms with Crippen molar-refractivity contribution >= 4 is 40.9 Å². The van der Waals surface area contributed by atoms with Gasteiger partial charge in [0.25, 0.3) is 5.91 Å². The van der Waals surface area contributed by atoms with Gasteiger partial charge in [0.15, 0.2) is 5.69 Å². The zero-order valence-electron chi connectivity index (χ0n) is 16.0. The van der Waals surface area contributed by atoms with Crippen LogP contribution < -0.4 is 16.5 Å². The minimum absolute atomic E-state index is 0.00962. The Kier molecular flexibility index (Phi) is 5.49. The predicted octanol–water partition coefficient (Wildman–Crippen LogP) is 1.68. The van der Waals surface area contributed by atoms with Crippen LogP contribution in [-0.2, 0) is 4.79 Å². The number of aromatic nitrogens is 5. The summed E-state index contributed by atoms with van der Waals surface area (Å²) < 4.78 is 5.92. The second-order valence-corrected chi connectivity index (χ2v) is 7.10. The van der Waals surface area contributed by atoms with Gasteiger partial charge in [0, 0.05) is 12.6 Å². The zero-order valence-corrected chi connectivity index (χ0v) is 16.8. The molecule has 3 aromatic heterocycles. The Morgan fingerprint density at radius 2 is 2.03 bits per heavy atom. The molecule has 4 rings (SSSR count). The fourth-order valence-electron chi connectivity index (χ4n) is 2.63. The Morgan fingerprint density at radius 3 is 2.68 bits per heavy atom. The van der Waals surface area contributed by atoms with E-state index >= 15 is 0 Å². The standard InChI is InChI=1S/C18H15N9O3S/c1-10(28)21-12-6-4-11(5-7-12)9-20-23-18(29)14-15(13-3-2-8-31-13)27(26-22-14)17-16(19)24-30-25-17/h2-9H,1H3,(H2,19,24)(H,21,28)(H,23,29)/b20-9+. The minimum atomic E-state index is -0.573. The summed E-state index contributed by atoms with van der Waals surface area (Å²) in [7, 11) is 0. The highest BCUT2D eigenvalue weighted by Gasteiger charge is 2.25. The number of rotatable bonds is 6. The van der Waals surface area contributed by atoms with Crippen molar-refractivity contribution < 1.29 is 14.2 Å². The molecular weight excluding hydrogens is 422 g/mol. The average Bonchev–Trinajstić information content (AvgIpc) is 3.48. The molecule has 0 fully saturated rings. The molecule has 0 aliphatic heterocycles. The van der Waals surface area contributed by atoms with Crippen LogP contribution in [0.1, 0.15) is 23.0 Å². The van der Waals surface area contributed by atoms with Gasteiger partial charge in [-0.2, -0.15) is 9.78 Å². The van der Waals surface area contributed by atoms with Crippen LogP contribution in [0.15, 0.2) is 51.5 Å². The normalized spacial score (nSPS) is 11.0. The second-order valence-electron chi connectivity index (χ2n) is 6.15. The van der Waals surface area contributed by atoms with Crippen molar-refractivity contribution in [3.63, 3.8) is 0 Å². The van der Waals surface area contributed by atoms with Gasteiger partial charge in [-0.3, -0.25) is 9.59 Å². The van der Waals surface area contributed by atoms with Gasteiger partial charge in [-0.25, -0.2) is 10.1 Å². The van der Waals surface area contributed by atoms with Gasteiger partial charge in [0.1, 0.15) is 5.69 Å². The lowest BCUT2D eigenvalue weighted by Gasteiger charge is -2.03. The Morgan fingerprint density at radius 1 is 1.23 bits per heavy atom. The third kappa shape index (κ3) is 4.30. The van der Waals surface area contributed by atoms with Gasteiger partial charge in [-0.05, 0) is 39.5 Å². The van der Waals surface area contributed by atoms with Crippen molar-refractivity contribution in [2.24, 2.45) is 5.10 Å². The molecule has 0 aliphatic carbocycles. The molecule has 0 saturated carbocycles. The Hall–Kier alpha value is -4.39. The zero-order chi connectivity index (χ0) is 21.8. The highest BCUT2D eigenvalue weighted by Crippen LogP contribution is 2.29. The molecular formula is C18H15N9O3S. The number of thiophene rings is 1. The molecule has 0 aliphatic rings. The van der Waals surface area contributed by atoms with Gasteiger partial charge >= 0.3 is 0 Å². The van der Waals surface area contributed by atoms with Crippen molar-refractivity contribution in [1.29, 1.82) is 0 Å². The van der Waals surface area contributed by atoms with Crippen LogP contribution in [0.3, 0.4) is 0 Å². The summed E-state index contributed by atoms with van der Waals surface area (Å²) in [4.78, 5) is 24.5. The molecule has 4 N–H and O–H groups in total. The largest absolute Gasteiger partial charge is 0.378 e. The van der Waals surface area contributed by atoms with Gasteiger partial charge in [0.05, 0.1) is 11.1 Å². The van der Waals surface area contributed by atoms with Crippen LogP contribution in [-0.4, -0.2) is 43.3 Å². The second kappa shape index (κ2) is 8.54. The number of nitrogens with zero attached hydrogens (tertiary/aromatic N) is 6. The number of nitrogen functional groups attached to an aromatic ring is 1. The smallest absolute Gasteiger partial charge is 0.294 e. The lowest BCUT2D eigenvalue weighted by Crippen LogP contribution is -2.19. The fraction of sp³-hybridized carbons (Fsp3) is 0.0556. The number of nitrogens with one attached hydrogen (secondary N) is 2. The highest BCUT2D eigenvalue weighted by atomic mass is 32.1. The van der Waals surface area contributed by atoms with E-state index in [9.17, 15) is 9.59 Å². The highest BCUT2D eigenvalue weighted by molar-refractivity contribution is 7.13. The third-order valence-electron chi connectivity index (χ3n) is 3.95. The summed E-state index contributed by atoms with van der Waals surface area (Å²) >= 11 is 1.39. The molecule has 0 radical (unpaired) electrons. The summed E-state index contributed by atoms with van der Waals surface area (Å²) in [6.45, 7) is 1.43. The fourth-order valence-corrected chi connectivity index (χ4v) is 3.39. The molecule has 3 heterocycles. The summed E-state index contributed by atoms with van der Waals surface area (Å²) in [5.74, 6) is -0.602. The van der Waals surface area contributed by atoms with Crippen molar-refractivity contribution in [3.8, 4) is 16.4 Å². The number of amides is 2. The van der Waals surface area contributed by atoms with Crippen molar-refractivity contribution in [3.05, 3.63) is 53.0 Å². The molecule has 156 valence electrons. The number of carbonyl (C=O) groups excluding carboxylic acids is 2. The average molecular weight is 437 g/mol. The van der Waals surface area contributed by atoms with E-state index in [1.165, 1.54) is 29.2 Å². The Bertz CT molecular complexity index is 1240. The van der Waals surface area contributed by atoms with Crippen LogP contribution in [0.4, 0.5) is 11.5 Å². The first-order valence-corrected chi connectivity index (χ1v) is 9.70. The number of hydrogen-bond acceptors (Lipinski definition) is 10. The Labute approximate surface area is 178 Å². The van der Waals surface area contributed by atoms with E-state index in [0.717, 1.165) is 10.4 Å². The third-order valence-corrected chi connectivity index (χ3v) is 4.82. The lowest BCUT2D eigenvalue weighted by atomic mass is 10.2. The van der Waals surface area contributed by atoms with E-state index < -0.39 is 5.91 Å². The number of anilines is 2. The maximum Gasteiger partial charge on any atom is 0.294 e. The van der Waals surface area contributed by atoms with Crippen LogP contribution in [0, 0.1) is 0 Å². The summed E-state index contributed by atoms with van der Waals surface area (Å²) in [5.41, 5.74) is 9.98. The van der Waals surface area contributed by atoms with Crippen LogP contribution in [0.2, 0.25) is 0 Å². The number of benzene rings is 1. The minimum Gasteiger partial charge on any atom is -0.378 e. The van der Waals surface area contributed by atoms with Gasteiger partial charge in [0.2, 0.25) is 17.5 Å². The van der Waals surface area contributed by atoms with Gasteiger partial charge < -0.3 is 11.1 Å². The molecule has 0 saturated heterocycles. The van der Waals surface area contributed by atoms with Crippen molar-refractivity contribution in [2.75, 3.05) is 11.1 Å². The van der Waals surface area contributed by atoms with Crippen LogP contribution >= 0.6 is 11.3 Å². The molecule has 0 atom stereocenters. The van der Waals surface area contributed by atoms with Crippen molar-refractivity contribution in [1.82, 2.24) is 30.7 Å². The maximum atomic E-state index is 12.7. The van der Waals surface area contributed by atoms with Crippen LogP contribution in [0.5, 0.6) is 0 Å². The molecule has 13 heteroatoms. The topological polar surface area (TPSA) is 166 Å². The first kappa shape index (κ1) is 19.9. The molecule has 0 bridgehead atoms. The monoisotopic (exact) mass is 437 g/mol. The molecule has 1 aromatic carbocycles. The summed E-state index contributed by atoms with van der Waals surface area (Å²) in [5, 5.41) is 23.7. The molecule has 31 heavy (non-hydrogen) atoms. The van der Waals surface area contributed by atoms with E-state index in [0.29, 0.717) is 11.4 Å². The molecule has 4 aromatic rings. The molecule has 12 nitrogen and oxygen atoms in total. The maximum absolute atomic E-state index is 12.7. The molecule has 0 spiro atoms. The first-order chi connectivity index (χ1) is 15.0. The van der Waals surface area contributed by atoms with E-state index in [1.807, 2.05) is 11.4 Å². The summed E-state index contributed by atoms with van der Waals surface area (Å²) in [6, 6.07) is 10.6. The van der Waals surface area contributed by atoms with Crippen molar-refractivity contribution in [2.45, 2.75) is 6.92 Å². The Balaban J connectivity index is 1.55. The van der Waals surface area contributed by atoms with E-state index in [-0.39, 0.29) is 23.2 Å². The number of hydrogen-bond donors (Lipinski definition) is 3. The number of nitrogens with two attached hydrogens (primary N) is 1. The molecule has 0 unspecified atom stereocenters. The molecule has 2 amide bonds. The number of carbonyl (C=O) groups is 2. The van der Waals surface area contributed by atoms with E-state index in [2.05, 4.69) is 41.1 Å². The summed E-state index contributed by atoms with van der Waals surface area (Å²) in [6.07, 6.45) is 1.46. The van der Waals surface area contributed by atoms with E-state index in [4.69, 9.17) is 5.73 Å². The lowest BCUT2D eigenvalue weighted by molar-refractivity contribution is -0.114. The quantitative estimate of drug-likeness (QED) is 0.302. The number of hydrazone groups is 1. The predicted molar refractivity (Wildman–Crippen MR) is 113 cm³/mol. The first-order valence-electron chi connectivity index (χ1n) is 8.82.